The number of aromatic nitrogens is 2. The van der Waals surface area contributed by atoms with E-state index in [2.05, 4.69) is 14.9 Å². The van der Waals surface area contributed by atoms with E-state index < -0.39 is 11.4 Å². The SMILES string of the molecule is COc1cccc2c1OC[C@]1(C(=O)O)CN(Cc3ncccn3)C[C@H]21. The maximum absolute atomic E-state index is 12.2. The second-order valence-electron chi connectivity index (χ2n) is 6.52. The normalized spacial score (nSPS) is 24.9. The molecule has 1 aromatic carbocycles. The zero-order valence-corrected chi connectivity index (χ0v) is 13.9. The predicted octanol–water partition coefficient (Wildman–Crippen LogP) is 1.55. The van der Waals surface area contributed by atoms with E-state index in [4.69, 9.17) is 9.47 Å². The van der Waals surface area contributed by atoms with E-state index in [9.17, 15) is 9.90 Å². The highest BCUT2D eigenvalue weighted by molar-refractivity contribution is 5.78. The molecule has 2 aromatic rings. The molecule has 1 fully saturated rings. The molecule has 1 N–H and O–H groups in total. The van der Waals surface area contributed by atoms with Crippen LogP contribution in [-0.4, -0.2) is 52.7 Å². The minimum absolute atomic E-state index is 0.131. The molecule has 25 heavy (non-hydrogen) atoms. The number of methoxy groups -OCH3 is 1. The minimum Gasteiger partial charge on any atom is -0.493 e. The third kappa shape index (κ3) is 2.51. The Labute approximate surface area is 145 Å². The number of aliphatic carboxylic acids is 1. The van der Waals surface area contributed by atoms with Gasteiger partial charge in [0.2, 0.25) is 0 Å². The molecule has 1 aromatic heterocycles. The van der Waals surface area contributed by atoms with Crippen LogP contribution >= 0.6 is 0 Å². The maximum Gasteiger partial charge on any atom is 0.315 e. The van der Waals surface area contributed by atoms with E-state index in [-0.39, 0.29) is 12.5 Å². The molecule has 3 heterocycles. The number of hydrogen-bond donors (Lipinski definition) is 1. The third-order valence-electron chi connectivity index (χ3n) is 5.10. The molecule has 0 unspecified atom stereocenters. The van der Waals surface area contributed by atoms with Gasteiger partial charge in [-0.25, -0.2) is 9.97 Å². The smallest absolute Gasteiger partial charge is 0.315 e. The zero-order valence-electron chi connectivity index (χ0n) is 13.9. The summed E-state index contributed by atoms with van der Waals surface area (Å²) >= 11 is 0. The summed E-state index contributed by atoms with van der Waals surface area (Å²) < 4.78 is 11.2. The number of nitrogens with zero attached hydrogens (tertiary/aromatic N) is 3. The van der Waals surface area contributed by atoms with Gasteiger partial charge >= 0.3 is 5.97 Å². The lowest BCUT2D eigenvalue weighted by Gasteiger charge is -2.36. The summed E-state index contributed by atoms with van der Waals surface area (Å²) in [6.45, 7) is 1.67. The Morgan fingerprint density at radius 3 is 2.92 bits per heavy atom. The van der Waals surface area contributed by atoms with Crippen LogP contribution in [0.25, 0.3) is 0 Å². The average molecular weight is 341 g/mol. The van der Waals surface area contributed by atoms with Gasteiger partial charge in [-0.3, -0.25) is 9.69 Å². The lowest BCUT2D eigenvalue weighted by atomic mass is 9.73. The Hall–Kier alpha value is -2.67. The first kappa shape index (κ1) is 15.8. The number of fused-ring (bicyclic) bond motifs is 3. The summed E-state index contributed by atoms with van der Waals surface area (Å²) in [5.74, 6) is 0.995. The summed E-state index contributed by atoms with van der Waals surface area (Å²) in [5.41, 5.74) is -0.0711. The molecule has 2 aliphatic rings. The first-order valence-electron chi connectivity index (χ1n) is 8.15. The Morgan fingerprint density at radius 2 is 2.20 bits per heavy atom. The molecule has 7 heteroatoms. The van der Waals surface area contributed by atoms with Gasteiger partial charge in [-0.1, -0.05) is 12.1 Å². The highest BCUT2D eigenvalue weighted by atomic mass is 16.5. The van der Waals surface area contributed by atoms with Crippen LogP contribution in [0.5, 0.6) is 11.5 Å². The van der Waals surface area contributed by atoms with Crippen LogP contribution in [0.1, 0.15) is 17.3 Å². The largest absolute Gasteiger partial charge is 0.493 e. The van der Waals surface area contributed by atoms with Crippen molar-refractivity contribution in [3.05, 3.63) is 48.0 Å². The van der Waals surface area contributed by atoms with Gasteiger partial charge in [-0.15, -0.1) is 0 Å². The average Bonchev–Trinajstić information content (AvgIpc) is 3.02. The molecule has 0 amide bonds. The number of para-hydroxylation sites is 1. The van der Waals surface area contributed by atoms with Crippen molar-refractivity contribution in [2.24, 2.45) is 5.41 Å². The van der Waals surface area contributed by atoms with Crippen molar-refractivity contribution in [1.82, 2.24) is 14.9 Å². The van der Waals surface area contributed by atoms with E-state index in [1.807, 2.05) is 18.2 Å². The molecule has 2 atom stereocenters. The van der Waals surface area contributed by atoms with Crippen molar-refractivity contribution in [3.63, 3.8) is 0 Å². The monoisotopic (exact) mass is 341 g/mol. The van der Waals surface area contributed by atoms with Crippen LogP contribution in [-0.2, 0) is 11.3 Å². The summed E-state index contributed by atoms with van der Waals surface area (Å²) in [6, 6.07) is 7.41. The van der Waals surface area contributed by atoms with E-state index in [0.717, 1.165) is 5.56 Å². The number of hydrogen-bond acceptors (Lipinski definition) is 6. The van der Waals surface area contributed by atoms with Crippen molar-refractivity contribution < 1.29 is 19.4 Å². The number of benzene rings is 1. The van der Waals surface area contributed by atoms with E-state index in [1.54, 1.807) is 25.6 Å². The molecular weight excluding hydrogens is 322 g/mol. The minimum atomic E-state index is -0.964. The van der Waals surface area contributed by atoms with Gasteiger partial charge in [0.25, 0.3) is 0 Å². The predicted molar refractivity (Wildman–Crippen MR) is 88.6 cm³/mol. The molecule has 0 radical (unpaired) electrons. The van der Waals surface area contributed by atoms with Crippen LogP contribution in [0, 0.1) is 5.41 Å². The maximum atomic E-state index is 12.2. The van der Waals surface area contributed by atoms with Gasteiger partial charge in [0.05, 0.1) is 13.7 Å². The van der Waals surface area contributed by atoms with Crippen LogP contribution in [0.2, 0.25) is 0 Å². The van der Waals surface area contributed by atoms with Gasteiger partial charge in [0.1, 0.15) is 17.8 Å². The van der Waals surface area contributed by atoms with Gasteiger partial charge in [0, 0.05) is 37.0 Å². The molecule has 2 aliphatic heterocycles. The van der Waals surface area contributed by atoms with E-state index in [0.29, 0.717) is 37.0 Å². The number of likely N-dealkylation sites (tertiary alicyclic amines) is 1. The van der Waals surface area contributed by atoms with Crippen LogP contribution in [0.4, 0.5) is 0 Å². The fourth-order valence-electron chi connectivity index (χ4n) is 3.88. The summed E-state index contributed by atoms with van der Waals surface area (Å²) in [5, 5.41) is 9.97. The molecule has 130 valence electrons. The molecular formula is C18H19N3O4. The van der Waals surface area contributed by atoms with E-state index >= 15 is 0 Å². The molecule has 1 saturated heterocycles. The first-order valence-corrected chi connectivity index (χ1v) is 8.15. The third-order valence-corrected chi connectivity index (χ3v) is 5.10. The van der Waals surface area contributed by atoms with Crippen LogP contribution in [0.3, 0.4) is 0 Å². The second kappa shape index (κ2) is 6.00. The second-order valence-corrected chi connectivity index (χ2v) is 6.52. The number of ether oxygens (including phenoxy) is 2. The molecule has 4 rings (SSSR count). The first-order chi connectivity index (χ1) is 12.1. The Balaban J connectivity index is 1.69. The lowest BCUT2D eigenvalue weighted by molar-refractivity contribution is -0.152. The number of rotatable bonds is 4. The highest BCUT2D eigenvalue weighted by Gasteiger charge is 2.56. The molecule has 7 nitrogen and oxygen atoms in total. The van der Waals surface area contributed by atoms with Crippen molar-refractivity contribution in [3.8, 4) is 11.5 Å². The zero-order chi connectivity index (χ0) is 17.4. The van der Waals surface area contributed by atoms with Crippen LogP contribution in [0.15, 0.2) is 36.7 Å². The van der Waals surface area contributed by atoms with Crippen molar-refractivity contribution in [1.29, 1.82) is 0 Å². The molecule has 0 aliphatic carbocycles. The Kier molecular flexibility index (Phi) is 3.80. The molecule has 0 saturated carbocycles. The van der Waals surface area contributed by atoms with Gasteiger partial charge in [0.15, 0.2) is 11.5 Å². The van der Waals surface area contributed by atoms with Crippen molar-refractivity contribution in [2.45, 2.75) is 12.5 Å². The van der Waals surface area contributed by atoms with Crippen molar-refractivity contribution >= 4 is 5.97 Å². The summed E-state index contributed by atoms with van der Waals surface area (Å²) in [4.78, 5) is 22.7. The number of carbonyl (C=O) groups is 1. The lowest BCUT2D eigenvalue weighted by Crippen LogP contribution is -2.45. The highest BCUT2D eigenvalue weighted by Crippen LogP contribution is 2.52. The standard InChI is InChI=1S/C18H19N3O4/c1-24-14-5-2-4-12-13-8-21(9-15-19-6-3-7-20-15)10-18(13,17(22)23)11-25-16(12)14/h2-7,13H,8-11H2,1H3,(H,22,23)/t13-,18-/m1/s1. The molecule has 0 spiro atoms. The van der Waals surface area contributed by atoms with Gasteiger partial charge in [-0.05, 0) is 12.1 Å². The number of carboxylic acid groups (broad SMARTS) is 1. The fourth-order valence-corrected chi connectivity index (χ4v) is 3.88. The summed E-state index contributed by atoms with van der Waals surface area (Å²) in [7, 11) is 1.59. The van der Waals surface area contributed by atoms with Crippen LogP contribution < -0.4 is 9.47 Å². The topological polar surface area (TPSA) is 84.8 Å². The van der Waals surface area contributed by atoms with Gasteiger partial charge < -0.3 is 14.6 Å². The molecule has 0 bridgehead atoms. The Bertz CT molecular complexity index is 798. The summed E-state index contributed by atoms with van der Waals surface area (Å²) in [6.07, 6.45) is 3.39. The quantitative estimate of drug-likeness (QED) is 0.903. The van der Waals surface area contributed by atoms with E-state index in [1.165, 1.54) is 0 Å². The number of carboxylic acids is 1. The fraction of sp³-hybridized carbons (Fsp3) is 0.389. The Morgan fingerprint density at radius 1 is 1.40 bits per heavy atom. The van der Waals surface area contributed by atoms with Gasteiger partial charge in [-0.2, -0.15) is 0 Å². The van der Waals surface area contributed by atoms with Crippen molar-refractivity contribution in [2.75, 3.05) is 26.8 Å².